The molecule has 0 saturated carbocycles. The van der Waals surface area contributed by atoms with Gasteiger partial charge in [-0.25, -0.2) is 0 Å². The summed E-state index contributed by atoms with van der Waals surface area (Å²) in [5.41, 5.74) is 2.65. The van der Waals surface area contributed by atoms with E-state index in [0.29, 0.717) is 6.04 Å². The zero-order valence-electron chi connectivity index (χ0n) is 14.8. The third-order valence-electron chi connectivity index (χ3n) is 4.69. The number of anilines is 1. The molecule has 3 aromatic rings. The van der Waals surface area contributed by atoms with Crippen molar-refractivity contribution >= 4 is 16.5 Å². The number of benzene rings is 3. The van der Waals surface area contributed by atoms with Gasteiger partial charge in [-0.3, -0.25) is 0 Å². The summed E-state index contributed by atoms with van der Waals surface area (Å²) in [7, 11) is 4.29. The van der Waals surface area contributed by atoms with Crippen molar-refractivity contribution in [2.75, 3.05) is 25.5 Å². The highest BCUT2D eigenvalue weighted by Crippen LogP contribution is 2.28. The van der Waals surface area contributed by atoms with Crippen LogP contribution >= 0.6 is 0 Å². The Morgan fingerprint density at radius 2 is 1.46 bits per heavy atom. The van der Waals surface area contributed by atoms with Crippen molar-refractivity contribution in [1.29, 1.82) is 0 Å². The van der Waals surface area contributed by atoms with Crippen LogP contribution < -0.4 is 4.90 Å². The van der Waals surface area contributed by atoms with E-state index < -0.39 is 0 Å². The van der Waals surface area contributed by atoms with E-state index in [4.69, 9.17) is 0 Å². The van der Waals surface area contributed by atoms with E-state index in [0.717, 1.165) is 13.1 Å². The molecule has 0 aliphatic heterocycles. The van der Waals surface area contributed by atoms with Gasteiger partial charge in [-0.2, -0.15) is 0 Å². The van der Waals surface area contributed by atoms with Crippen LogP contribution in [0, 0.1) is 0 Å². The third-order valence-corrected chi connectivity index (χ3v) is 4.69. The van der Waals surface area contributed by atoms with Gasteiger partial charge in [-0.05, 0) is 38.0 Å². The van der Waals surface area contributed by atoms with Crippen LogP contribution in [-0.2, 0) is 6.54 Å². The lowest BCUT2D eigenvalue weighted by Crippen LogP contribution is -2.38. The normalized spacial score (nSPS) is 12.5. The Balaban J connectivity index is 1.99. The molecule has 0 radical (unpaired) electrons. The molecule has 3 aromatic carbocycles. The molecule has 0 aliphatic rings. The van der Waals surface area contributed by atoms with Gasteiger partial charge >= 0.3 is 0 Å². The van der Waals surface area contributed by atoms with E-state index in [2.05, 4.69) is 104 Å². The van der Waals surface area contributed by atoms with Crippen molar-refractivity contribution < 1.29 is 0 Å². The number of rotatable bonds is 6. The van der Waals surface area contributed by atoms with E-state index in [1.807, 2.05) is 0 Å². The molecule has 24 heavy (non-hydrogen) atoms. The topological polar surface area (TPSA) is 6.48 Å². The maximum absolute atomic E-state index is 2.50. The predicted octanol–water partition coefficient (Wildman–Crippen LogP) is 4.80. The van der Waals surface area contributed by atoms with Gasteiger partial charge in [-0.15, -0.1) is 0 Å². The van der Waals surface area contributed by atoms with Crippen molar-refractivity contribution in [3.8, 4) is 0 Å². The predicted molar refractivity (Wildman–Crippen MR) is 105 cm³/mol. The van der Waals surface area contributed by atoms with Crippen LogP contribution in [0.1, 0.15) is 12.5 Å². The number of nitrogens with zero attached hydrogens (tertiary/aromatic N) is 2. The van der Waals surface area contributed by atoms with Gasteiger partial charge in [0, 0.05) is 30.2 Å². The summed E-state index contributed by atoms with van der Waals surface area (Å²) in [6.45, 7) is 4.20. The largest absolute Gasteiger partial charge is 0.365 e. The van der Waals surface area contributed by atoms with Crippen LogP contribution in [0.4, 0.5) is 5.69 Å². The zero-order valence-corrected chi connectivity index (χ0v) is 14.8. The van der Waals surface area contributed by atoms with E-state index in [1.165, 1.54) is 22.0 Å². The molecular formula is C22H26N2. The summed E-state index contributed by atoms with van der Waals surface area (Å²) in [4.78, 5) is 4.78. The fourth-order valence-electron chi connectivity index (χ4n) is 3.02. The van der Waals surface area contributed by atoms with Crippen molar-refractivity contribution in [3.63, 3.8) is 0 Å². The summed E-state index contributed by atoms with van der Waals surface area (Å²) >= 11 is 0. The maximum Gasteiger partial charge on any atom is 0.0449 e. The van der Waals surface area contributed by atoms with Gasteiger partial charge in [0.2, 0.25) is 0 Å². The summed E-state index contributed by atoms with van der Waals surface area (Å²) in [5, 5.41) is 2.62. The SMILES string of the molecule is CC(CN(Cc1ccccc1)c1cccc2ccccc12)N(C)C. The number of hydrogen-bond acceptors (Lipinski definition) is 2. The summed E-state index contributed by atoms with van der Waals surface area (Å²) in [5.74, 6) is 0. The average Bonchev–Trinajstić information content (AvgIpc) is 2.61. The first kappa shape index (κ1) is 16.5. The summed E-state index contributed by atoms with van der Waals surface area (Å²) in [6.07, 6.45) is 0. The highest BCUT2D eigenvalue weighted by Gasteiger charge is 2.15. The number of fused-ring (bicyclic) bond motifs is 1. The van der Waals surface area contributed by atoms with Crippen molar-refractivity contribution in [2.45, 2.75) is 19.5 Å². The lowest BCUT2D eigenvalue weighted by Gasteiger charge is -2.32. The average molecular weight is 318 g/mol. The molecule has 0 aliphatic carbocycles. The zero-order chi connectivity index (χ0) is 16.9. The van der Waals surface area contributed by atoms with Gasteiger partial charge in [0.25, 0.3) is 0 Å². The molecule has 0 bridgehead atoms. The molecule has 0 aromatic heterocycles. The van der Waals surface area contributed by atoms with Gasteiger partial charge in [0.15, 0.2) is 0 Å². The Morgan fingerprint density at radius 3 is 2.21 bits per heavy atom. The molecule has 0 fully saturated rings. The lowest BCUT2D eigenvalue weighted by molar-refractivity contribution is 0.314. The molecule has 1 atom stereocenters. The fraction of sp³-hybridized carbons (Fsp3) is 0.273. The van der Waals surface area contributed by atoms with Crippen LogP contribution in [0.2, 0.25) is 0 Å². The van der Waals surface area contributed by atoms with Gasteiger partial charge < -0.3 is 9.80 Å². The van der Waals surface area contributed by atoms with Crippen molar-refractivity contribution in [1.82, 2.24) is 4.90 Å². The van der Waals surface area contributed by atoms with E-state index in [-0.39, 0.29) is 0 Å². The molecule has 0 amide bonds. The van der Waals surface area contributed by atoms with Crippen LogP contribution in [0.5, 0.6) is 0 Å². The minimum Gasteiger partial charge on any atom is -0.365 e. The molecule has 2 heteroatoms. The highest BCUT2D eigenvalue weighted by molar-refractivity contribution is 5.94. The highest BCUT2D eigenvalue weighted by atomic mass is 15.2. The van der Waals surface area contributed by atoms with Gasteiger partial charge in [0.1, 0.15) is 0 Å². The molecule has 0 spiro atoms. The second-order valence-electron chi connectivity index (χ2n) is 6.68. The van der Waals surface area contributed by atoms with E-state index in [1.54, 1.807) is 0 Å². The second kappa shape index (κ2) is 7.50. The smallest absolute Gasteiger partial charge is 0.0449 e. The molecule has 124 valence electrons. The monoisotopic (exact) mass is 318 g/mol. The first-order valence-corrected chi connectivity index (χ1v) is 8.58. The molecular weight excluding hydrogens is 292 g/mol. The van der Waals surface area contributed by atoms with Crippen LogP contribution in [-0.4, -0.2) is 31.6 Å². The van der Waals surface area contributed by atoms with E-state index >= 15 is 0 Å². The first-order chi connectivity index (χ1) is 11.6. The van der Waals surface area contributed by atoms with Gasteiger partial charge in [0.05, 0.1) is 0 Å². The summed E-state index contributed by atoms with van der Waals surface area (Å²) < 4.78 is 0. The van der Waals surface area contributed by atoms with Gasteiger partial charge in [-0.1, -0.05) is 66.7 Å². The molecule has 0 saturated heterocycles. The molecule has 0 heterocycles. The first-order valence-electron chi connectivity index (χ1n) is 8.58. The Kier molecular flexibility index (Phi) is 5.17. The lowest BCUT2D eigenvalue weighted by atomic mass is 10.1. The fourth-order valence-corrected chi connectivity index (χ4v) is 3.02. The number of hydrogen-bond donors (Lipinski definition) is 0. The Morgan fingerprint density at radius 1 is 0.792 bits per heavy atom. The standard InChI is InChI=1S/C22H26N2/c1-18(23(2)3)16-24(17-19-10-5-4-6-11-19)22-15-9-13-20-12-7-8-14-21(20)22/h4-15,18H,16-17H2,1-3H3. The van der Waals surface area contributed by atoms with Crippen LogP contribution in [0.3, 0.4) is 0 Å². The van der Waals surface area contributed by atoms with Crippen molar-refractivity contribution in [2.24, 2.45) is 0 Å². The Bertz CT molecular complexity index is 775. The summed E-state index contributed by atoms with van der Waals surface area (Å²) in [6, 6.07) is 26.4. The quantitative estimate of drug-likeness (QED) is 0.644. The molecule has 3 rings (SSSR count). The minimum absolute atomic E-state index is 0.479. The van der Waals surface area contributed by atoms with Crippen LogP contribution in [0.25, 0.3) is 10.8 Å². The van der Waals surface area contributed by atoms with E-state index in [9.17, 15) is 0 Å². The Labute approximate surface area is 145 Å². The maximum atomic E-state index is 2.50. The molecule has 2 nitrogen and oxygen atoms in total. The van der Waals surface area contributed by atoms with Crippen molar-refractivity contribution in [3.05, 3.63) is 78.4 Å². The molecule has 1 unspecified atom stereocenters. The Hall–Kier alpha value is -2.32. The second-order valence-corrected chi connectivity index (χ2v) is 6.68. The third kappa shape index (κ3) is 3.77. The minimum atomic E-state index is 0.479. The van der Waals surface area contributed by atoms with Crippen LogP contribution in [0.15, 0.2) is 72.8 Å². The number of likely N-dealkylation sites (N-methyl/N-ethyl adjacent to an activating group) is 1. The molecule has 0 N–H and O–H groups in total.